The number of nitrogens with zero attached hydrogens (tertiary/aromatic N) is 7. The Hall–Kier alpha value is -7.43. The van der Waals surface area contributed by atoms with Crippen molar-refractivity contribution in [2.24, 2.45) is 0 Å². The van der Waals surface area contributed by atoms with Gasteiger partial charge in [0.25, 0.3) is 5.91 Å². The summed E-state index contributed by atoms with van der Waals surface area (Å²) in [6.07, 6.45) is 9.71. The Kier molecular flexibility index (Phi) is 16.3. The highest BCUT2D eigenvalue weighted by Crippen LogP contribution is 2.40. The molecule has 2 aromatic heterocycles. The average molecular weight is 1020 g/mol. The molecule has 5 aliphatic rings. The molecule has 3 saturated heterocycles. The first kappa shape index (κ1) is 51.9. The second-order valence-corrected chi connectivity index (χ2v) is 20.4. The fraction of sp³-hybridized carbons (Fsp3) is 0.480. The Morgan fingerprint density at radius 1 is 0.795 bits per heavy atom. The lowest BCUT2D eigenvalue weighted by Gasteiger charge is -2.42. The van der Waals surface area contributed by atoms with E-state index >= 15 is 0 Å². The van der Waals surface area contributed by atoms with E-state index in [1.54, 1.807) is 60.9 Å². The summed E-state index contributed by atoms with van der Waals surface area (Å²) >= 11 is 0. The second kappa shape index (κ2) is 23.0. The van der Waals surface area contributed by atoms with Crippen LogP contribution in [0.15, 0.2) is 65.8 Å². The van der Waals surface area contributed by atoms with Gasteiger partial charge in [-0.3, -0.25) is 39.0 Å². The molecule has 0 radical (unpaired) electrons. The average Bonchev–Trinajstić information content (AvgIpc) is 3.76. The molecule has 4 aromatic rings. The molecule has 6 heterocycles. The summed E-state index contributed by atoms with van der Waals surface area (Å²) in [6.45, 7) is 8.05. The van der Waals surface area contributed by atoms with Gasteiger partial charge in [0.1, 0.15) is 40.2 Å². The number of aromatic nitrogens is 4. The van der Waals surface area contributed by atoms with E-state index in [4.69, 9.17) is 28.9 Å². The Morgan fingerprint density at radius 3 is 1.89 bits per heavy atom. The van der Waals surface area contributed by atoms with E-state index in [0.717, 1.165) is 63.1 Å². The Morgan fingerprint density at radius 2 is 1.37 bits per heavy atom. The first-order valence-corrected chi connectivity index (χ1v) is 25.8. The third kappa shape index (κ3) is 13.2. The smallest absolute Gasteiger partial charge is 0.344 e. The molecule has 1 saturated carbocycles. The van der Waals surface area contributed by atoms with E-state index in [2.05, 4.69) is 43.1 Å². The molecule has 0 spiro atoms. The normalized spacial score (nSPS) is 18.5. The van der Waals surface area contributed by atoms with Crippen LogP contribution >= 0.6 is 0 Å². The fourth-order valence-corrected chi connectivity index (χ4v) is 9.88. The van der Waals surface area contributed by atoms with Crippen LogP contribution in [-0.4, -0.2) is 130 Å². The second-order valence-electron chi connectivity index (χ2n) is 18.9. The highest BCUT2D eigenvalue weighted by Gasteiger charge is 2.41. The van der Waals surface area contributed by atoms with Gasteiger partial charge in [-0.25, -0.2) is 29.3 Å². The van der Waals surface area contributed by atoms with Gasteiger partial charge >= 0.3 is 18.0 Å². The van der Waals surface area contributed by atoms with Crippen molar-refractivity contribution in [3.8, 4) is 17.2 Å². The maximum absolute atomic E-state index is 13.1. The molecule has 4 aliphatic heterocycles. The predicted molar refractivity (Wildman–Crippen MR) is 268 cm³/mol. The van der Waals surface area contributed by atoms with Crippen LogP contribution in [0.25, 0.3) is 0 Å². The van der Waals surface area contributed by atoms with Crippen LogP contribution in [0.1, 0.15) is 89.6 Å². The predicted octanol–water partition coefficient (Wildman–Crippen LogP) is 4.54. The minimum absolute atomic E-state index is 0.0610. The van der Waals surface area contributed by atoms with Gasteiger partial charge in [0.15, 0.2) is 19.0 Å². The molecule has 0 unspecified atom stereocenters. The van der Waals surface area contributed by atoms with Crippen molar-refractivity contribution in [1.82, 2.24) is 35.9 Å². The number of ether oxygens (including phenoxy) is 4. The first-order chi connectivity index (χ1) is 35.1. The van der Waals surface area contributed by atoms with Crippen molar-refractivity contribution in [2.75, 3.05) is 78.8 Å². The van der Waals surface area contributed by atoms with Gasteiger partial charge in [-0.05, 0) is 101 Å². The van der Waals surface area contributed by atoms with E-state index in [-0.39, 0.29) is 61.9 Å². The zero-order valence-electron chi connectivity index (χ0n) is 41.4. The van der Waals surface area contributed by atoms with Crippen molar-refractivity contribution >= 4 is 69.7 Å². The van der Waals surface area contributed by atoms with E-state index in [0.29, 0.717) is 70.5 Å². The fourth-order valence-electron chi connectivity index (χ4n) is 8.58. The first-order valence-electron chi connectivity index (χ1n) is 24.5. The van der Waals surface area contributed by atoms with Crippen molar-refractivity contribution in [2.45, 2.75) is 101 Å². The van der Waals surface area contributed by atoms with Gasteiger partial charge in [0, 0.05) is 75.5 Å². The monoisotopic (exact) mass is 1020 g/mol. The largest absolute Gasteiger partial charge is 0.485 e. The summed E-state index contributed by atoms with van der Waals surface area (Å²) < 4.78 is 35.8. The van der Waals surface area contributed by atoms with E-state index in [1.807, 2.05) is 13.8 Å². The number of urea groups is 2. The van der Waals surface area contributed by atoms with Gasteiger partial charge in [0.05, 0.1) is 34.4 Å². The van der Waals surface area contributed by atoms with Crippen LogP contribution in [0, 0.1) is 0 Å². The summed E-state index contributed by atoms with van der Waals surface area (Å²) in [5.74, 6) is 3.03. The molecular weight excluding hydrogens is 963 g/mol. The maximum atomic E-state index is 13.1. The number of hydrogen-bond donors (Lipinski definition) is 4. The molecule has 4 N–H and O–H groups in total. The molecule has 0 bridgehead atoms. The lowest BCUT2D eigenvalue weighted by atomic mass is 9.77. The third-order valence-corrected chi connectivity index (χ3v) is 14.8. The van der Waals surface area contributed by atoms with Gasteiger partial charge in [-0.2, -0.15) is 4.98 Å². The minimum Gasteiger partial charge on any atom is -0.485 e. The summed E-state index contributed by atoms with van der Waals surface area (Å²) in [5.41, 5.74) is 1.27. The number of carbonyl (C=O) groups is 6. The van der Waals surface area contributed by atoms with Gasteiger partial charge in [0.2, 0.25) is 17.8 Å². The number of imide groups is 2. The molecule has 388 valence electrons. The molecule has 4 fully saturated rings. The van der Waals surface area contributed by atoms with Gasteiger partial charge < -0.3 is 34.5 Å². The minimum atomic E-state index is -1.22. The van der Waals surface area contributed by atoms with Crippen molar-refractivity contribution < 1.29 is 51.9 Å². The number of fused-ring (bicyclic) bond motifs is 1. The van der Waals surface area contributed by atoms with E-state index in [1.165, 1.54) is 16.8 Å². The quantitative estimate of drug-likeness (QED) is 0.106. The number of likely N-dealkylation sites (N-methyl/N-ethyl adjacent to an activating group) is 1. The molecule has 7 amide bonds. The van der Waals surface area contributed by atoms with Crippen molar-refractivity contribution in [3.63, 3.8) is 0 Å². The van der Waals surface area contributed by atoms with Crippen LogP contribution in [-0.2, 0) is 41.1 Å². The molecule has 73 heavy (non-hydrogen) atoms. The summed E-state index contributed by atoms with van der Waals surface area (Å²) in [7, 11) is 0.313. The van der Waals surface area contributed by atoms with Crippen molar-refractivity contribution in [3.05, 3.63) is 72.4 Å². The SMILES string of the molecule is CCC(C)(C)Oc1cnc(C2CCN(c3nc4c(c(NC5(COC(=O)COc6ccc(N7CCC(=O)NC7=O)cc6)CCC5)n3)[S@](=O)CC4)CC2)nc1.CNC(=O)COc1ccc(N2CCC(=O)NC2=O)cc1. The van der Waals surface area contributed by atoms with Gasteiger partial charge in [-0.1, -0.05) is 6.92 Å². The number of anilines is 4. The number of aryl methyl sites for hydroxylation is 1. The number of nitrogens with one attached hydrogen (secondary N) is 4. The number of carbonyl (C=O) groups excluding carboxylic acids is 6. The maximum Gasteiger partial charge on any atom is 0.344 e. The summed E-state index contributed by atoms with van der Waals surface area (Å²) in [4.78, 5) is 95.0. The number of rotatable bonds is 17. The van der Waals surface area contributed by atoms with E-state index < -0.39 is 34.4 Å². The standard InChI is InChI=1S/C37H46N8O7S.C13H15N3O4/c1-4-36(2,3)52-27-20-38-32(39-21-27)24-10-16-44(17-11-24)34-40-28-13-19-53(49)31(28)33(42-34)43-37(14-5-15-37)23-51-30(47)22-50-26-8-6-25(7-9-26)45-18-12-29(46)41-35(45)48;1-14-12(18)8-20-10-4-2-9(3-5-10)16-7-6-11(17)15-13(16)19/h6-9,20-21,24H,4-5,10-19,22-23H2,1-3H3,(H,40,42,43)(H,41,46,48);2-5H,6-8H2,1H3,(H,14,18)(H,15,17,19)/t53-;/m1./s1. The van der Waals surface area contributed by atoms with Crippen LogP contribution in [0.4, 0.5) is 32.7 Å². The number of amides is 7. The Bertz CT molecular complexity index is 2700. The molecule has 23 heteroatoms. The van der Waals surface area contributed by atoms with Gasteiger partial charge in [-0.15, -0.1) is 0 Å². The lowest BCUT2D eigenvalue weighted by molar-refractivity contribution is -0.148. The highest BCUT2D eigenvalue weighted by molar-refractivity contribution is 7.85. The van der Waals surface area contributed by atoms with Crippen LogP contribution < -0.4 is 50.2 Å². The lowest BCUT2D eigenvalue weighted by Crippen LogP contribution is -2.50. The molecule has 1 aliphatic carbocycles. The highest BCUT2D eigenvalue weighted by atomic mass is 32.2. The topological polar surface area (TPSA) is 266 Å². The number of esters is 1. The molecule has 22 nitrogen and oxygen atoms in total. The summed E-state index contributed by atoms with van der Waals surface area (Å²) in [5, 5.41) is 10.6. The molecule has 1 atom stereocenters. The van der Waals surface area contributed by atoms with Crippen LogP contribution in [0.2, 0.25) is 0 Å². The van der Waals surface area contributed by atoms with Crippen molar-refractivity contribution in [1.29, 1.82) is 0 Å². The number of benzene rings is 2. The zero-order valence-corrected chi connectivity index (χ0v) is 42.2. The summed E-state index contributed by atoms with van der Waals surface area (Å²) in [6, 6.07) is 12.6. The Labute approximate surface area is 425 Å². The molecular formula is C50H61N11O11S. The zero-order chi connectivity index (χ0) is 51.7. The molecule has 9 rings (SSSR count). The van der Waals surface area contributed by atoms with Crippen LogP contribution in [0.5, 0.6) is 17.2 Å². The number of piperidine rings is 1. The van der Waals surface area contributed by atoms with E-state index in [9.17, 15) is 33.0 Å². The molecule has 2 aromatic carbocycles. The number of hydrogen-bond acceptors (Lipinski definition) is 17. The van der Waals surface area contributed by atoms with Crippen LogP contribution in [0.3, 0.4) is 0 Å². The Balaban J connectivity index is 0.000000297. The third-order valence-electron chi connectivity index (χ3n) is 13.3.